The Kier molecular flexibility index (Phi) is 6.02. The molecule has 0 radical (unpaired) electrons. The van der Waals surface area contributed by atoms with E-state index in [1.165, 1.54) is 0 Å². The largest absolute Gasteiger partial charge is 0.350 e. The molecule has 0 aliphatic rings. The van der Waals surface area contributed by atoms with Crippen molar-refractivity contribution in [1.29, 1.82) is 0 Å². The first-order valence-electron chi connectivity index (χ1n) is 6.43. The van der Waals surface area contributed by atoms with E-state index in [1.807, 2.05) is 13.8 Å². The van der Waals surface area contributed by atoms with Crippen LogP contribution in [-0.4, -0.2) is 24.4 Å². The highest BCUT2D eigenvalue weighted by molar-refractivity contribution is 5.95. The second kappa shape index (κ2) is 7.53. The van der Waals surface area contributed by atoms with Gasteiger partial charge in [0.2, 0.25) is 5.91 Å². The maximum absolute atomic E-state index is 11.7. The highest BCUT2D eigenvalue weighted by atomic mass is 16.2. The van der Waals surface area contributed by atoms with E-state index in [2.05, 4.69) is 10.6 Å². The minimum atomic E-state index is -0.115. The Bertz CT molecular complexity index is 427. The third-order valence-electron chi connectivity index (χ3n) is 2.46. The standard InChI is InChI=1S/C14H21N3O2/c1-10(2)16-14(19)11-5-7-12(8-6-11)17-13(18)4-3-9-15/h5-8,10H,3-4,9,15H2,1-2H3,(H,16,19)(H,17,18). The molecular weight excluding hydrogens is 242 g/mol. The molecule has 0 aromatic heterocycles. The smallest absolute Gasteiger partial charge is 0.251 e. The highest BCUT2D eigenvalue weighted by Crippen LogP contribution is 2.10. The lowest BCUT2D eigenvalue weighted by Crippen LogP contribution is -2.30. The van der Waals surface area contributed by atoms with Gasteiger partial charge in [-0.2, -0.15) is 0 Å². The molecule has 0 spiro atoms. The predicted molar refractivity (Wildman–Crippen MR) is 76.0 cm³/mol. The SMILES string of the molecule is CC(C)NC(=O)c1ccc(NC(=O)CCCN)cc1. The van der Waals surface area contributed by atoms with Gasteiger partial charge in [-0.25, -0.2) is 0 Å². The third-order valence-corrected chi connectivity index (χ3v) is 2.46. The van der Waals surface area contributed by atoms with Gasteiger partial charge in [0.15, 0.2) is 0 Å². The summed E-state index contributed by atoms with van der Waals surface area (Å²) in [4.78, 5) is 23.2. The number of anilines is 1. The summed E-state index contributed by atoms with van der Waals surface area (Å²) >= 11 is 0. The van der Waals surface area contributed by atoms with Crippen molar-refractivity contribution in [3.63, 3.8) is 0 Å². The van der Waals surface area contributed by atoms with Crippen molar-refractivity contribution in [3.8, 4) is 0 Å². The zero-order chi connectivity index (χ0) is 14.3. The Hall–Kier alpha value is -1.88. The van der Waals surface area contributed by atoms with E-state index >= 15 is 0 Å². The molecule has 104 valence electrons. The fourth-order valence-electron chi connectivity index (χ4n) is 1.54. The van der Waals surface area contributed by atoms with Gasteiger partial charge in [-0.15, -0.1) is 0 Å². The van der Waals surface area contributed by atoms with Crippen molar-refractivity contribution in [1.82, 2.24) is 5.32 Å². The van der Waals surface area contributed by atoms with E-state index in [9.17, 15) is 9.59 Å². The van der Waals surface area contributed by atoms with Crippen LogP contribution in [0, 0.1) is 0 Å². The van der Waals surface area contributed by atoms with E-state index in [-0.39, 0.29) is 17.9 Å². The Balaban J connectivity index is 2.56. The topological polar surface area (TPSA) is 84.2 Å². The van der Waals surface area contributed by atoms with Crippen LogP contribution in [0.15, 0.2) is 24.3 Å². The number of nitrogens with one attached hydrogen (secondary N) is 2. The van der Waals surface area contributed by atoms with Crippen molar-refractivity contribution < 1.29 is 9.59 Å². The van der Waals surface area contributed by atoms with E-state index in [0.717, 1.165) is 0 Å². The summed E-state index contributed by atoms with van der Waals surface area (Å²) in [6.45, 7) is 4.32. The van der Waals surface area contributed by atoms with Gasteiger partial charge in [0, 0.05) is 23.7 Å². The molecule has 0 aliphatic heterocycles. The quantitative estimate of drug-likeness (QED) is 0.727. The summed E-state index contributed by atoms with van der Waals surface area (Å²) in [5.41, 5.74) is 6.60. The Morgan fingerprint density at radius 3 is 2.37 bits per heavy atom. The van der Waals surface area contributed by atoms with Crippen LogP contribution in [0.3, 0.4) is 0 Å². The predicted octanol–water partition coefficient (Wildman–Crippen LogP) is 1.50. The lowest BCUT2D eigenvalue weighted by atomic mass is 10.2. The number of hydrogen-bond donors (Lipinski definition) is 3. The summed E-state index contributed by atoms with van der Waals surface area (Å²) in [6.07, 6.45) is 1.08. The van der Waals surface area contributed by atoms with Gasteiger partial charge in [-0.1, -0.05) is 0 Å². The number of rotatable bonds is 6. The van der Waals surface area contributed by atoms with Crippen molar-refractivity contribution in [2.45, 2.75) is 32.7 Å². The number of amides is 2. The molecule has 0 unspecified atom stereocenters. The molecule has 0 saturated heterocycles. The summed E-state index contributed by atoms with van der Waals surface area (Å²) in [6, 6.07) is 6.92. The van der Waals surface area contributed by atoms with Crippen molar-refractivity contribution >= 4 is 17.5 Å². The summed E-state index contributed by atoms with van der Waals surface area (Å²) in [5.74, 6) is -0.180. The normalized spacial score (nSPS) is 10.3. The molecule has 2 amide bonds. The number of nitrogens with two attached hydrogens (primary N) is 1. The minimum absolute atomic E-state index is 0.0650. The summed E-state index contributed by atoms with van der Waals surface area (Å²) in [7, 11) is 0. The fourth-order valence-corrected chi connectivity index (χ4v) is 1.54. The summed E-state index contributed by atoms with van der Waals surface area (Å²) in [5, 5.41) is 5.56. The average molecular weight is 263 g/mol. The van der Waals surface area contributed by atoms with Crippen molar-refractivity contribution in [3.05, 3.63) is 29.8 Å². The molecule has 5 heteroatoms. The van der Waals surface area contributed by atoms with Crippen LogP contribution in [0.2, 0.25) is 0 Å². The van der Waals surface area contributed by atoms with Crippen LogP contribution >= 0.6 is 0 Å². The molecule has 0 atom stereocenters. The molecule has 0 bridgehead atoms. The molecule has 1 rings (SSSR count). The molecule has 0 fully saturated rings. The Morgan fingerprint density at radius 2 is 1.84 bits per heavy atom. The third kappa shape index (κ3) is 5.52. The minimum Gasteiger partial charge on any atom is -0.350 e. The molecular formula is C14H21N3O2. The van der Waals surface area contributed by atoms with Crippen molar-refractivity contribution in [2.24, 2.45) is 5.73 Å². The van der Waals surface area contributed by atoms with Crippen LogP contribution < -0.4 is 16.4 Å². The van der Waals surface area contributed by atoms with Gasteiger partial charge in [-0.3, -0.25) is 9.59 Å². The van der Waals surface area contributed by atoms with Gasteiger partial charge in [0.25, 0.3) is 5.91 Å². The van der Waals surface area contributed by atoms with E-state index < -0.39 is 0 Å². The van der Waals surface area contributed by atoms with Crippen LogP contribution in [0.25, 0.3) is 0 Å². The van der Waals surface area contributed by atoms with Gasteiger partial charge in [-0.05, 0) is 51.1 Å². The molecule has 0 aliphatic carbocycles. The molecule has 1 aromatic carbocycles. The van der Waals surface area contributed by atoms with E-state index in [1.54, 1.807) is 24.3 Å². The first-order valence-corrected chi connectivity index (χ1v) is 6.43. The summed E-state index contributed by atoms with van der Waals surface area (Å²) < 4.78 is 0. The number of benzene rings is 1. The monoisotopic (exact) mass is 263 g/mol. The molecule has 1 aromatic rings. The maximum atomic E-state index is 11.7. The molecule has 4 N–H and O–H groups in total. The van der Waals surface area contributed by atoms with Gasteiger partial charge in [0.05, 0.1) is 0 Å². The number of hydrogen-bond acceptors (Lipinski definition) is 3. The second-order valence-electron chi connectivity index (χ2n) is 4.65. The van der Waals surface area contributed by atoms with Crippen LogP contribution in [0.4, 0.5) is 5.69 Å². The first kappa shape index (κ1) is 15.2. The molecule has 0 heterocycles. The lowest BCUT2D eigenvalue weighted by Gasteiger charge is -2.09. The average Bonchev–Trinajstić information content (AvgIpc) is 2.36. The van der Waals surface area contributed by atoms with E-state index in [4.69, 9.17) is 5.73 Å². The Morgan fingerprint density at radius 1 is 1.21 bits per heavy atom. The maximum Gasteiger partial charge on any atom is 0.251 e. The number of carbonyl (C=O) groups excluding carboxylic acids is 2. The van der Waals surface area contributed by atoms with Crippen molar-refractivity contribution in [2.75, 3.05) is 11.9 Å². The first-order chi connectivity index (χ1) is 9.02. The van der Waals surface area contributed by atoms with Crippen LogP contribution in [-0.2, 0) is 4.79 Å². The zero-order valence-corrected chi connectivity index (χ0v) is 11.4. The Labute approximate surface area is 113 Å². The second-order valence-corrected chi connectivity index (χ2v) is 4.65. The molecule has 19 heavy (non-hydrogen) atoms. The number of carbonyl (C=O) groups is 2. The highest BCUT2D eigenvalue weighted by Gasteiger charge is 2.07. The molecule has 0 saturated carbocycles. The zero-order valence-electron chi connectivity index (χ0n) is 11.4. The van der Waals surface area contributed by atoms with Gasteiger partial charge < -0.3 is 16.4 Å². The van der Waals surface area contributed by atoms with Crippen LogP contribution in [0.5, 0.6) is 0 Å². The fraction of sp³-hybridized carbons (Fsp3) is 0.429. The lowest BCUT2D eigenvalue weighted by molar-refractivity contribution is -0.116. The van der Waals surface area contributed by atoms with Crippen LogP contribution in [0.1, 0.15) is 37.0 Å². The van der Waals surface area contributed by atoms with Gasteiger partial charge >= 0.3 is 0 Å². The van der Waals surface area contributed by atoms with E-state index in [0.29, 0.717) is 30.6 Å². The van der Waals surface area contributed by atoms with Gasteiger partial charge in [0.1, 0.15) is 0 Å². The molecule has 5 nitrogen and oxygen atoms in total.